The zero-order valence-electron chi connectivity index (χ0n) is 12.0. The van der Waals surface area contributed by atoms with E-state index in [0.29, 0.717) is 23.7 Å². The van der Waals surface area contributed by atoms with Gasteiger partial charge in [-0.3, -0.25) is 0 Å². The number of aliphatic hydroxyl groups excluding tert-OH is 1. The average molecular weight is 332 g/mol. The van der Waals surface area contributed by atoms with Crippen molar-refractivity contribution in [1.29, 1.82) is 0 Å². The Morgan fingerprint density at radius 2 is 1.95 bits per heavy atom. The van der Waals surface area contributed by atoms with Crippen LogP contribution in [0.2, 0.25) is 0 Å². The number of hydrogen-bond donors (Lipinski definition) is 1. The van der Waals surface area contributed by atoms with E-state index in [4.69, 9.17) is 16.7 Å². The van der Waals surface area contributed by atoms with Gasteiger partial charge in [0.15, 0.2) is 0 Å². The van der Waals surface area contributed by atoms with Crippen molar-refractivity contribution in [2.45, 2.75) is 43.0 Å². The summed E-state index contributed by atoms with van der Waals surface area (Å²) in [6.07, 6.45) is 3.96. The number of halogens is 1. The molecule has 21 heavy (non-hydrogen) atoms. The molecule has 4 nitrogen and oxygen atoms in total. The molecule has 1 saturated heterocycles. The van der Waals surface area contributed by atoms with Gasteiger partial charge in [0.05, 0.1) is 4.90 Å². The Kier molecular flexibility index (Phi) is 6.05. The lowest BCUT2D eigenvalue weighted by Crippen LogP contribution is -2.44. The molecule has 1 unspecified atom stereocenters. The number of aryl methyl sites for hydroxylation is 1. The van der Waals surface area contributed by atoms with Gasteiger partial charge in [0.2, 0.25) is 10.0 Å². The molecule has 6 heteroatoms. The van der Waals surface area contributed by atoms with Crippen molar-refractivity contribution >= 4 is 21.6 Å². The standard InChI is InChI=1S/C15H22ClNO3S/c16-10-8-13-4-6-15(7-5-13)21(19,20)17-11-2-1-3-14(17)9-12-18/h4-7,14,18H,1-3,8-12H2. The summed E-state index contributed by atoms with van der Waals surface area (Å²) >= 11 is 5.69. The summed E-state index contributed by atoms with van der Waals surface area (Å²) < 4.78 is 27.1. The Morgan fingerprint density at radius 1 is 1.24 bits per heavy atom. The zero-order valence-corrected chi connectivity index (χ0v) is 13.6. The first-order valence-corrected chi connectivity index (χ1v) is 9.34. The first-order valence-electron chi connectivity index (χ1n) is 7.37. The monoisotopic (exact) mass is 331 g/mol. The van der Waals surface area contributed by atoms with Crippen LogP contribution in [0.15, 0.2) is 29.2 Å². The first-order chi connectivity index (χ1) is 10.1. The molecule has 2 rings (SSSR count). The third kappa shape index (κ3) is 3.97. The number of sulfonamides is 1. The third-order valence-electron chi connectivity index (χ3n) is 3.95. The highest BCUT2D eigenvalue weighted by molar-refractivity contribution is 7.89. The van der Waals surface area contributed by atoms with Gasteiger partial charge in [0.25, 0.3) is 0 Å². The van der Waals surface area contributed by atoms with Gasteiger partial charge in [-0.25, -0.2) is 8.42 Å². The summed E-state index contributed by atoms with van der Waals surface area (Å²) in [5.41, 5.74) is 1.04. The van der Waals surface area contributed by atoms with Crippen LogP contribution in [-0.4, -0.2) is 42.9 Å². The van der Waals surface area contributed by atoms with E-state index in [1.807, 2.05) is 12.1 Å². The van der Waals surface area contributed by atoms with Crippen molar-refractivity contribution in [2.24, 2.45) is 0 Å². The number of aliphatic hydroxyl groups is 1. The number of nitrogens with zero attached hydrogens (tertiary/aromatic N) is 1. The molecule has 1 fully saturated rings. The largest absolute Gasteiger partial charge is 0.396 e. The van der Waals surface area contributed by atoms with Crippen molar-refractivity contribution in [3.63, 3.8) is 0 Å². The van der Waals surface area contributed by atoms with Crippen molar-refractivity contribution in [2.75, 3.05) is 19.0 Å². The molecule has 0 aliphatic carbocycles. The molecule has 118 valence electrons. The molecule has 1 aliphatic heterocycles. The minimum Gasteiger partial charge on any atom is -0.396 e. The van der Waals surface area contributed by atoms with E-state index in [1.165, 1.54) is 0 Å². The minimum atomic E-state index is -3.48. The normalized spacial score (nSPS) is 20.6. The van der Waals surface area contributed by atoms with Gasteiger partial charge in [-0.05, 0) is 43.4 Å². The number of alkyl halides is 1. The highest BCUT2D eigenvalue weighted by Crippen LogP contribution is 2.27. The van der Waals surface area contributed by atoms with E-state index in [1.54, 1.807) is 16.4 Å². The molecule has 1 aliphatic rings. The Bertz CT molecular complexity index is 543. The maximum Gasteiger partial charge on any atom is 0.243 e. The van der Waals surface area contributed by atoms with Gasteiger partial charge >= 0.3 is 0 Å². The molecular formula is C15H22ClNO3S. The smallest absolute Gasteiger partial charge is 0.243 e. The summed E-state index contributed by atoms with van der Waals surface area (Å²) in [5, 5.41) is 9.13. The first kappa shape index (κ1) is 16.7. The van der Waals surface area contributed by atoms with E-state index in [2.05, 4.69) is 0 Å². The summed E-state index contributed by atoms with van der Waals surface area (Å²) in [6.45, 7) is 0.557. The van der Waals surface area contributed by atoms with Gasteiger partial charge in [0.1, 0.15) is 0 Å². The van der Waals surface area contributed by atoms with Crippen molar-refractivity contribution in [1.82, 2.24) is 4.31 Å². The lowest BCUT2D eigenvalue weighted by Gasteiger charge is -2.34. The second kappa shape index (κ2) is 7.58. The number of piperidine rings is 1. The lowest BCUT2D eigenvalue weighted by atomic mass is 10.0. The van der Waals surface area contributed by atoms with Gasteiger partial charge < -0.3 is 5.11 Å². The van der Waals surface area contributed by atoms with Crippen molar-refractivity contribution in [3.8, 4) is 0 Å². The number of benzene rings is 1. The van der Waals surface area contributed by atoms with E-state index in [9.17, 15) is 8.42 Å². The van der Waals surface area contributed by atoms with Crippen LogP contribution < -0.4 is 0 Å². The topological polar surface area (TPSA) is 57.6 Å². The molecule has 1 N–H and O–H groups in total. The van der Waals surface area contributed by atoms with E-state index >= 15 is 0 Å². The Balaban J connectivity index is 2.22. The Morgan fingerprint density at radius 3 is 2.57 bits per heavy atom. The molecule has 0 amide bonds. The van der Waals surface area contributed by atoms with Crippen LogP contribution in [0.25, 0.3) is 0 Å². The molecule has 1 atom stereocenters. The van der Waals surface area contributed by atoms with E-state index in [0.717, 1.165) is 31.2 Å². The fourth-order valence-electron chi connectivity index (χ4n) is 2.80. The van der Waals surface area contributed by atoms with Crippen LogP contribution in [0.5, 0.6) is 0 Å². The van der Waals surface area contributed by atoms with Crippen LogP contribution in [0.1, 0.15) is 31.2 Å². The van der Waals surface area contributed by atoms with Crippen LogP contribution >= 0.6 is 11.6 Å². The molecule has 0 aromatic heterocycles. The summed E-state index contributed by atoms with van der Waals surface area (Å²) in [4.78, 5) is 0.325. The maximum atomic E-state index is 12.8. The molecule has 0 radical (unpaired) electrons. The van der Waals surface area contributed by atoms with Crippen LogP contribution in [-0.2, 0) is 16.4 Å². The van der Waals surface area contributed by atoms with E-state index in [-0.39, 0.29) is 12.6 Å². The van der Waals surface area contributed by atoms with Gasteiger partial charge in [-0.15, -0.1) is 11.6 Å². The highest BCUT2D eigenvalue weighted by Gasteiger charge is 2.32. The number of hydrogen-bond acceptors (Lipinski definition) is 3. The molecule has 0 saturated carbocycles. The molecule has 1 aromatic rings. The predicted molar refractivity (Wildman–Crippen MR) is 84.1 cm³/mol. The molecule has 0 spiro atoms. The van der Waals surface area contributed by atoms with Gasteiger partial charge in [-0.1, -0.05) is 18.6 Å². The van der Waals surface area contributed by atoms with Gasteiger partial charge in [-0.2, -0.15) is 4.31 Å². The van der Waals surface area contributed by atoms with Crippen LogP contribution in [0, 0.1) is 0 Å². The van der Waals surface area contributed by atoms with Crippen LogP contribution in [0.4, 0.5) is 0 Å². The molecular weight excluding hydrogens is 310 g/mol. The fourth-order valence-corrected chi connectivity index (χ4v) is 4.74. The highest BCUT2D eigenvalue weighted by atomic mass is 35.5. The minimum absolute atomic E-state index is 0.0192. The third-order valence-corrected chi connectivity index (χ3v) is 6.10. The predicted octanol–water partition coefficient (Wildman–Crippen LogP) is 2.39. The number of rotatable bonds is 6. The Hall–Kier alpha value is -0.620. The summed E-state index contributed by atoms with van der Waals surface area (Å²) in [5.74, 6) is 0.525. The molecule has 1 aromatic carbocycles. The maximum absolute atomic E-state index is 12.8. The van der Waals surface area contributed by atoms with Crippen LogP contribution in [0.3, 0.4) is 0 Å². The molecule has 0 bridgehead atoms. The van der Waals surface area contributed by atoms with Gasteiger partial charge in [0, 0.05) is 25.1 Å². The fraction of sp³-hybridized carbons (Fsp3) is 0.600. The zero-order chi connectivity index (χ0) is 15.3. The van der Waals surface area contributed by atoms with E-state index < -0.39 is 10.0 Å². The van der Waals surface area contributed by atoms with Crippen molar-refractivity contribution < 1.29 is 13.5 Å². The summed E-state index contributed by atoms with van der Waals surface area (Å²) in [7, 11) is -3.48. The SMILES string of the molecule is O=S(=O)(c1ccc(CCCl)cc1)N1CCCCC1CCO. The summed E-state index contributed by atoms with van der Waals surface area (Å²) in [6, 6.07) is 6.86. The second-order valence-electron chi connectivity index (χ2n) is 5.36. The average Bonchev–Trinajstić information content (AvgIpc) is 2.49. The quantitative estimate of drug-likeness (QED) is 0.814. The Labute approximate surface area is 131 Å². The van der Waals surface area contributed by atoms with Crippen molar-refractivity contribution in [3.05, 3.63) is 29.8 Å². The lowest BCUT2D eigenvalue weighted by molar-refractivity contribution is 0.192. The molecule has 1 heterocycles. The second-order valence-corrected chi connectivity index (χ2v) is 7.63.